The Morgan fingerprint density at radius 3 is 2.64 bits per heavy atom. The fourth-order valence-corrected chi connectivity index (χ4v) is 4.41. The van der Waals surface area contributed by atoms with Crippen LogP contribution in [0.1, 0.15) is 43.9 Å². The first-order valence-electron chi connectivity index (χ1n) is 11.7. The number of aromatic nitrogens is 1. The van der Waals surface area contributed by atoms with Gasteiger partial charge in [0.05, 0.1) is 25.5 Å². The van der Waals surface area contributed by atoms with E-state index in [4.69, 9.17) is 19.0 Å². The maximum atomic E-state index is 6.38. The van der Waals surface area contributed by atoms with E-state index < -0.39 is 0 Å². The Bertz CT molecular complexity index is 863. The summed E-state index contributed by atoms with van der Waals surface area (Å²) in [4.78, 5) is 9.70. The number of methoxy groups -OCH3 is 1. The van der Waals surface area contributed by atoms with Crippen LogP contribution < -0.4 is 14.8 Å². The van der Waals surface area contributed by atoms with Crippen molar-refractivity contribution < 1.29 is 14.0 Å². The quantitative estimate of drug-likeness (QED) is 0.294. The summed E-state index contributed by atoms with van der Waals surface area (Å²) in [5.41, 5.74) is 2.04. The molecule has 1 aromatic carbocycles. The van der Waals surface area contributed by atoms with Crippen molar-refractivity contribution >= 4 is 29.9 Å². The topological polar surface area (TPSA) is 75.4 Å². The number of hydrogen-bond donors (Lipinski definition) is 1. The molecule has 182 valence electrons. The lowest BCUT2D eigenvalue weighted by Gasteiger charge is -2.36. The summed E-state index contributed by atoms with van der Waals surface area (Å²) >= 11 is 0. The van der Waals surface area contributed by atoms with Crippen molar-refractivity contribution in [2.24, 2.45) is 4.99 Å². The smallest absolute Gasteiger partial charge is 0.194 e. The highest BCUT2D eigenvalue weighted by Crippen LogP contribution is 2.35. The van der Waals surface area contributed by atoms with Crippen LogP contribution in [0, 0.1) is 0 Å². The van der Waals surface area contributed by atoms with E-state index in [-0.39, 0.29) is 30.1 Å². The van der Waals surface area contributed by atoms with Gasteiger partial charge < -0.3 is 24.2 Å². The van der Waals surface area contributed by atoms with Crippen molar-refractivity contribution in [3.8, 4) is 11.5 Å². The van der Waals surface area contributed by atoms with Gasteiger partial charge in [0.2, 0.25) is 0 Å². The third-order valence-corrected chi connectivity index (χ3v) is 6.15. The summed E-state index contributed by atoms with van der Waals surface area (Å²) in [6.07, 6.45) is 6.61. The van der Waals surface area contributed by atoms with Gasteiger partial charge in [0, 0.05) is 50.9 Å². The first kappa shape index (κ1) is 25.6. The zero-order valence-electron chi connectivity index (χ0n) is 19.7. The van der Waals surface area contributed by atoms with Crippen LogP contribution in [0.15, 0.2) is 40.0 Å². The molecule has 1 N–H and O–H groups in total. The minimum absolute atomic E-state index is 0. The van der Waals surface area contributed by atoms with Gasteiger partial charge in [0.1, 0.15) is 6.26 Å². The molecule has 4 rings (SSSR count). The van der Waals surface area contributed by atoms with Gasteiger partial charge in [-0.1, -0.05) is 17.3 Å². The highest BCUT2D eigenvalue weighted by atomic mass is 127. The van der Waals surface area contributed by atoms with E-state index in [2.05, 4.69) is 33.3 Å². The van der Waals surface area contributed by atoms with E-state index in [1.54, 1.807) is 13.4 Å². The maximum absolute atomic E-state index is 6.38. The normalized spacial score (nSPS) is 17.6. The minimum atomic E-state index is 0. The molecule has 33 heavy (non-hydrogen) atoms. The molecule has 0 unspecified atom stereocenters. The third kappa shape index (κ3) is 6.99. The average molecular weight is 569 g/mol. The van der Waals surface area contributed by atoms with Gasteiger partial charge in [-0.15, -0.1) is 24.0 Å². The van der Waals surface area contributed by atoms with Gasteiger partial charge in [-0.2, -0.15) is 0 Å². The van der Waals surface area contributed by atoms with E-state index in [0.29, 0.717) is 6.54 Å². The number of para-hydroxylation sites is 1. The second-order valence-corrected chi connectivity index (χ2v) is 8.40. The van der Waals surface area contributed by atoms with Crippen molar-refractivity contribution in [1.29, 1.82) is 0 Å². The molecule has 1 saturated heterocycles. The molecule has 0 spiro atoms. The standard InChI is InChI=1S/C24H35N5O3.HI/c1-3-25-24(29-14-12-28(13-15-29)18-20-11-16-31-27-20)26-17-19-7-6-10-22(30-2)23(19)32-21-8-4-5-9-21;/h6-7,10-11,16,21H,3-5,8-9,12-15,17-18H2,1-2H3,(H,25,26);1H. The number of nitrogens with one attached hydrogen (secondary N) is 1. The largest absolute Gasteiger partial charge is 0.493 e. The summed E-state index contributed by atoms with van der Waals surface area (Å²) in [5.74, 6) is 2.58. The van der Waals surface area contributed by atoms with Gasteiger partial charge >= 0.3 is 0 Å². The molecule has 2 aromatic rings. The number of piperazine rings is 1. The van der Waals surface area contributed by atoms with E-state index in [1.807, 2.05) is 18.2 Å². The molecule has 0 amide bonds. The minimum Gasteiger partial charge on any atom is -0.493 e. The molecule has 1 saturated carbocycles. The van der Waals surface area contributed by atoms with Gasteiger partial charge in [-0.25, -0.2) is 4.99 Å². The van der Waals surface area contributed by atoms with Crippen LogP contribution in [0.25, 0.3) is 0 Å². The van der Waals surface area contributed by atoms with Crippen molar-refractivity contribution in [3.63, 3.8) is 0 Å². The SMILES string of the molecule is CCNC(=NCc1cccc(OC)c1OC1CCCC1)N1CCN(Cc2ccon2)CC1.I. The van der Waals surface area contributed by atoms with Crippen LogP contribution in [-0.4, -0.2) is 66.9 Å². The molecule has 2 aliphatic rings. The molecule has 1 aromatic heterocycles. The average Bonchev–Trinajstić information content (AvgIpc) is 3.52. The number of nitrogens with zero attached hydrogens (tertiary/aromatic N) is 4. The maximum Gasteiger partial charge on any atom is 0.194 e. The number of guanidine groups is 1. The zero-order chi connectivity index (χ0) is 22.2. The third-order valence-electron chi connectivity index (χ3n) is 6.15. The van der Waals surface area contributed by atoms with Gasteiger partial charge in [-0.3, -0.25) is 4.90 Å². The molecule has 2 fully saturated rings. The van der Waals surface area contributed by atoms with Crippen LogP contribution in [-0.2, 0) is 13.1 Å². The van der Waals surface area contributed by atoms with E-state index in [1.165, 1.54) is 12.8 Å². The summed E-state index contributed by atoms with van der Waals surface area (Å²) in [7, 11) is 1.70. The van der Waals surface area contributed by atoms with Crippen LogP contribution in [0.3, 0.4) is 0 Å². The van der Waals surface area contributed by atoms with Crippen molar-refractivity contribution in [1.82, 2.24) is 20.3 Å². The highest BCUT2D eigenvalue weighted by molar-refractivity contribution is 14.0. The molecular formula is C24H36IN5O3. The number of halogens is 1. The summed E-state index contributed by atoms with van der Waals surface area (Å²) in [6.45, 7) is 8.10. The lowest BCUT2D eigenvalue weighted by atomic mass is 10.1. The van der Waals surface area contributed by atoms with E-state index in [9.17, 15) is 0 Å². The molecule has 1 aliphatic heterocycles. The number of hydrogen-bond acceptors (Lipinski definition) is 6. The summed E-state index contributed by atoms with van der Waals surface area (Å²) in [5, 5.41) is 7.49. The predicted molar refractivity (Wildman–Crippen MR) is 139 cm³/mol. The number of benzene rings is 1. The summed E-state index contributed by atoms with van der Waals surface area (Å²) in [6, 6.07) is 8.00. The number of rotatable bonds is 8. The van der Waals surface area contributed by atoms with Crippen LogP contribution in [0.4, 0.5) is 0 Å². The fourth-order valence-electron chi connectivity index (χ4n) is 4.41. The monoisotopic (exact) mass is 569 g/mol. The van der Waals surface area contributed by atoms with Crippen molar-refractivity contribution in [3.05, 3.63) is 41.8 Å². The number of aliphatic imine (C=N–C) groups is 1. The van der Waals surface area contributed by atoms with E-state index in [0.717, 1.165) is 80.8 Å². The zero-order valence-corrected chi connectivity index (χ0v) is 22.0. The molecule has 0 atom stereocenters. The predicted octanol–water partition coefficient (Wildman–Crippen LogP) is 3.91. The Morgan fingerprint density at radius 1 is 1.18 bits per heavy atom. The molecule has 1 aliphatic carbocycles. The van der Waals surface area contributed by atoms with Crippen LogP contribution >= 0.6 is 24.0 Å². The second-order valence-electron chi connectivity index (χ2n) is 8.40. The van der Waals surface area contributed by atoms with Gasteiger partial charge in [0.25, 0.3) is 0 Å². The first-order chi connectivity index (χ1) is 15.8. The van der Waals surface area contributed by atoms with Gasteiger partial charge in [-0.05, 0) is 38.7 Å². The van der Waals surface area contributed by atoms with Crippen LogP contribution in [0.5, 0.6) is 11.5 Å². The van der Waals surface area contributed by atoms with Crippen molar-refractivity contribution in [2.45, 2.75) is 51.8 Å². The molecule has 9 heteroatoms. The molecule has 0 radical (unpaired) electrons. The fraction of sp³-hybridized carbons (Fsp3) is 0.583. The Balaban J connectivity index is 0.00000306. The highest BCUT2D eigenvalue weighted by Gasteiger charge is 2.22. The Hall–Kier alpha value is -2.01. The summed E-state index contributed by atoms with van der Waals surface area (Å²) < 4.78 is 16.9. The first-order valence-corrected chi connectivity index (χ1v) is 11.7. The lowest BCUT2D eigenvalue weighted by molar-refractivity contribution is 0.169. The molecule has 0 bridgehead atoms. The Labute approximate surface area is 213 Å². The Kier molecular flexibility index (Phi) is 10.1. The number of ether oxygens (including phenoxy) is 2. The second kappa shape index (κ2) is 13.0. The molecular weight excluding hydrogens is 533 g/mol. The molecule has 2 heterocycles. The lowest BCUT2D eigenvalue weighted by Crippen LogP contribution is -2.52. The van der Waals surface area contributed by atoms with E-state index >= 15 is 0 Å². The molecule has 8 nitrogen and oxygen atoms in total. The van der Waals surface area contributed by atoms with Crippen molar-refractivity contribution in [2.75, 3.05) is 39.8 Å². The Morgan fingerprint density at radius 2 is 1.97 bits per heavy atom. The van der Waals surface area contributed by atoms with Gasteiger partial charge in [0.15, 0.2) is 17.5 Å². The van der Waals surface area contributed by atoms with Crippen LogP contribution in [0.2, 0.25) is 0 Å².